The highest BCUT2D eigenvalue weighted by Crippen LogP contribution is 2.35. The van der Waals surface area contributed by atoms with E-state index in [1.54, 1.807) is 13.3 Å². The maximum Gasteiger partial charge on any atom is 0.349 e. The molecule has 2 heterocycles. The van der Waals surface area contributed by atoms with Crippen molar-refractivity contribution >= 4 is 43.5 Å². The van der Waals surface area contributed by atoms with Crippen LogP contribution in [-0.2, 0) is 16.1 Å². The lowest BCUT2D eigenvalue weighted by molar-refractivity contribution is 0.0605. The van der Waals surface area contributed by atoms with E-state index in [-0.39, 0.29) is 5.97 Å². The average molecular weight is 316 g/mol. The summed E-state index contributed by atoms with van der Waals surface area (Å²) < 4.78 is 11.4. The first-order chi connectivity index (χ1) is 8.17. The van der Waals surface area contributed by atoms with E-state index in [1.807, 2.05) is 6.07 Å². The van der Waals surface area contributed by atoms with Crippen molar-refractivity contribution in [2.24, 2.45) is 0 Å². The third-order valence-corrected chi connectivity index (χ3v) is 4.35. The van der Waals surface area contributed by atoms with E-state index in [0.717, 1.165) is 15.8 Å². The molecule has 2 aromatic heterocycles. The van der Waals surface area contributed by atoms with Crippen LogP contribution in [-0.4, -0.2) is 25.2 Å². The van der Waals surface area contributed by atoms with Gasteiger partial charge in [0.05, 0.1) is 28.4 Å². The van der Waals surface area contributed by atoms with Crippen LogP contribution in [0.1, 0.15) is 15.2 Å². The fraction of sp³-hybridized carbons (Fsp3) is 0.273. The molecule has 0 fully saturated rings. The standard InChI is InChI=1S/C11H10BrNO3S/c1-15-5-6-3-7-9(13-4-6)8(12)10(17-7)11(14)16-2/h3-4H,5H2,1-2H3. The lowest BCUT2D eigenvalue weighted by atomic mass is 10.3. The highest BCUT2D eigenvalue weighted by atomic mass is 79.9. The summed E-state index contributed by atoms with van der Waals surface area (Å²) >= 11 is 4.73. The lowest BCUT2D eigenvalue weighted by Crippen LogP contribution is -1.98. The number of methoxy groups -OCH3 is 2. The normalized spacial score (nSPS) is 10.8. The lowest BCUT2D eigenvalue weighted by Gasteiger charge is -1.98. The molecule has 6 heteroatoms. The van der Waals surface area contributed by atoms with E-state index >= 15 is 0 Å². The Balaban J connectivity index is 2.53. The Morgan fingerprint density at radius 2 is 2.29 bits per heavy atom. The summed E-state index contributed by atoms with van der Waals surface area (Å²) in [6.07, 6.45) is 1.74. The smallest absolute Gasteiger partial charge is 0.349 e. The summed E-state index contributed by atoms with van der Waals surface area (Å²) in [5, 5.41) is 0. The fourth-order valence-corrected chi connectivity index (χ4v) is 3.35. The third-order valence-electron chi connectivity index (χ3n) is 2.21. The zero-order valence-corrected chi connectivity index (χ0v) is 11.7. The molecule has 0 atom stereocenters. The van der Waals surface area contributed by atoms with Crippen LogP contribution in [0.15, 0.2) is 16.7 Å². The first kappa shape index (κ1) is 12.5. The number of halogens is 1. The second-order valence-electron chi connectivity index (χ2n) is 3.36. The van der Waals surface area contributed by atoms with Crippen LogP contribution in [0.3, 0.4) is 0 Å². The molecule has 0 spiro atoms. The Bertz CT molecular complexity index is 567. The van der Waals surface area contributed by atoms with Crippen LogP contribution in [0.4, 0.5) is 0 Å². The number of ether oxygens (including phenoxy) is 2. The number of aromatic nitrogens is 1. The van der Waals surface area contributed by atoms with Gasteiger partial charge < -0.3 is 9.47 Å². The van der Waals surface area contributed by atoms with Crippen LogP contribution in [0.25, 0.3) is 10.2 Å². The van der Waals surface area contributed by atoms with Gasteiger partial charge in [-0.1, -0.05) is 0 Å². The predicted octanol–water partition coefficient (Wildman–Crippen LogP) is 2.99. The van der Waals surface area contributed by atoms with Crippen LogP contribution in [0, 0.1) is 0 Å². The Labute approximate surface area is 111 Å². The maximum atomic E-state index is 11.5. The van der Waals surface area contributed by atoms with Gasteiger partial charge in [0.2, 0.25) is 0 Å². The number of hydrogen-bond acceptors (Lipinski definition) is 5. The van der Waals surface area contributed by atoms with Crippen molar-refractivity contribution in [1.29, 1.82) is 0 Å². The number of carbonyl (C=O) groups excluding carboxylic acids is 1. The predicted molar refractivity (Wildman–Crippen MR) is 69.4 cm³/mol. The molecule has 0 radical (unpaired) electrons. The fourth-order valence-electron chi connectivity index (χ4n) is 1.46. The molecule has 17 heavy (non-hydrogen) atoms. The Morgan fingerprint density at radius 3 is 2.94 bits per heavy atom. The van der Waals surface area contributed by atoms with Crippen molar-refractivity contribution in [3.63, 3.8) is 0 Å². The first-order valence-electron chi connectivity index (χ1n) is 4.81. The number of thiophene rings is 1. The van der Waals surface area contributed by atoms with Crippen molar-refractivity contribution in [2.45, 2.75) is 6.61 Å². The van der Waals surface area contributed by atoms with E-state index in [0.29, 0.717) is 16.0 Å². The summed E-state index contributed by atoms with van der Waals surface area (Å²) in [5.74, 6) is -0.354. The van der Waals surface area contributed by atoms with Crippen LogP contribution in [0.5, 0.6) is 0 Å². The van der Waals surface area contributed by atoms with E-state index in [4.69, 9.17) is 9.47 Å². The molecule has 0 amide bonds. The van der Waals surface area contributed by atoms with Gasteiger partial charge in [-0.05, 0) is 27.6 Å². The molecule has 0 bridgehead atoms. The number of carbonyl (C=O) groups is 1. The molecule has 0 saturated heterocycles. The first-order valence-corrected chi connectivity index (χ1v) is 6.42. The number of fused-ring (bicyclic) bond motifs is 1. The maximum absolute atomic E-state index is 11.5. The Hall–Kier alpha value is -0.980. The SMILES string of the molecule is COCc1cnc2c(Br)c(C(=O)OC)sc2c1. The minimum absolute atomic E-state index is 0.354. The van der Waals surface area contributed by atoms with Gasteiger partial charge in [0.1, 0.15) is 4.88 Å². The number of hydrogen-bond donors (Lipinski definition) is 0. The molecule has 0 aliphatic carbocycles. The summed E-state index contributed by atoms with van der Waals surface area (Å²) in [6.45, 7) is 0.506. The van der Waals surface area contributed by atoms with Gasteiger partial charge in [-0.25, -0.2) is 4.79 Å². The largest absolute Gasteiger partial charge is 0.465 e. The number of nitrogens with zero attached hydrogens (tertiary/aromatic N) is 1. The summed E-state index contributed by atoms with van der Waals surface area (Å²) in [6, 6.07) is 1.97. The van der Waals surface area contributed by atoms with E-state index < -0.39 is 0 Å². The van der Waals surface area contributed by atoms with Crippen molar-refractivity contribution in [1.82, 2.24) is 4.98 Å². The molecule has 0 unspecified atom stereocenters. The van der Waals surface area contributed by atoms with Crippen molar-refractivity contribution < 1.29 is 14.3 Å². The Kier molecular flexibility index (Phi) is 3.76. The minimum Gasteiger partial charge on any atom is -0.465 e. The zero-order valence-electron chi connectivity index (χ0n) is 9.32. The number of rotatable bonds is 3. The molecule has 2 aromatic rings. The minimum atomic E-state index is -0.354. The Morgan fingerprint density at radius 1 is 1.53 bits per heavy atom. The molecule has 0 aliphatic heterocycles. The van der Waals surface area contributed by atoms with Gasteiger partial charge in [-0.2, -0.15) is 0 Å². The average Bonchev–Trinajstić information content (AvgIpc) is 2.66. The van der Waals surface area contributed by atoms with E-state index in [1.165, 1.54) is 18.4 Å². The highest BCUT2D eigenvalue weighted by Gasteiger charge is 2.18. The van der Waals surface area contributed by atoms with E-state index in [2.05, 4.69) is 20.9 Å². The van der Waals surface area contributed by atoms with Gasteiger partial charge in [0, 0.05) is 13.3 Å². The monoisotopic (exact) mass is 315 g/mol. The molecule has 0 aromatic carbocycles. The molecule has 0 saturated carbocycles. The molecular weight excluding hydrogens is 306 g/mol. The highest BCUT2D eigenvalue weighted by molar-refractivity contribution is 9.10. The number of esters is 1. The molecular formula is C11H10BrNO3S. The molecule has 90 valence electrons. The van der Waals surface area contributed by atoms with Crippen LogP contribution >= 0.6 is 27.3 Å². The van der Waals surface area contributed by atoms with E-state index in [9.17, 15) is 4.79 Å². The van der Waals surface area contributed by atoms with Gasteiger partial charge in [-0.3, -0.25) is 4.98 Å². The topological polar surface area (TPSA) is 48.4 Å². The van der Waals surface area contributed by atoms with Crippen LogP contribution < -0.4 is 0 Å². The van der Waals surface area contributed by atoms with Crippen molar-refractivity contribution in [3.05, 3.63) is 27.2 Å². The van der Waals surface area contributed by atoms with Gasteiger partial charge in [-0.15, -0.1) is 11.3 Å². The second kappa shape index (κ2) is 5.12. The van der Waals surface area contributed by atoms with Gasteiger partial charge in [0.15, 0.2) is 0 Å². The molecule has 4 nitrogen and oxygen atoms in total. The van der Waals surface area contributed by atoms with Crippen molar-refractivity contribution in [2.75, 3.05) is 14.2 Å². The van der Waals surface area contributed by atoms with Gasteiger partial charge >= 0.3 is 5.97 Å². The molecule has 2 rings (SSSR count). The molecule has 0 aliphatic rings. The van der Waals surface area contributed by atoms with Gasteiger partial charge in [0.25, 0.3) is 0 Å². The molecule has 0 N–H and O–H groups in total. The zero-order chi connectivity index (χ0) is 12.4. The summed E-state index contributed by atoms with van der Waals surface area (Å²) in [4.78, 5) is 16.4. The summed E-state index contributed by atoms with van der Waals surface area (Å²) in [5.41, 5.74) is 1.75. The number of pyridine rings is 1. The quantitative estimate of drug-likeness (QED) is 0.817. The second-order valence-corrected chi connectivity index (χ2v) is 5.21. The van der Waals surface area contributed by atoms with Crippen molar-refractivity contribution in [3.8, 4) is 0 Å². The third kappa shape index (κ3) is 2.34. The summed E-state index contributed by atoms with van der Waals surface area (Å²) in [7, 11) is 3.00. The van der Waals surface area contributed by atoms with Crippen LogP contribution in [0.2, 0.25) is 0 Å².